The third-order valence-corrected chi connectivity index (χ3v) is 9.65. The first-order valence-corrected chi connectivity index (χ1v) is 16.5. The minimum atomic E-state index is -4.72. The molecule has 0 atom stereocenters. The van der Waals surface area contributed by atoms with Crippen molar-refractivity contribution in [2.75, 3.05) is 0 Å². The quantitative estimate of drug-likeness (QED) is 0.220. The molecule has 5 aromatic rings. The van der Waals surface area contributed by atoms with Gasteiger partial charge in [0.05, 0.1) is 27.7 Å². The number of aryl methyl sites for hydroxylation is 1. The van der Waals surface area contributed by atoms with Crippen LogP contribution in [-0.4, -0.2) is 28.7 Å². The Kier molecular flexibility index (Phi) is 11.9. The Bertz CT molecular complexity index is 2030. The molecule has 2 aromatic heterocycles. The number of carbonyl (C=O) groups excluding carboxylic acids is 1. The molecule has 2 heterocycles. The van der Waals surface area contributed by atoms with Crippen molar-refractivity contribution < 1.29 is 79.2 Å². The molecule has 0 saturated carbocycles. The normalized spacial score (nSPS) is 11.7. The van der Waals surface area contributed by atoms with Gasteiger partial charge in [0.1, 0.15) is 10.7 Å². The van der Waals surface area contributed by atoms with Gasteiger partial charge < -0.3 is 1.43 Å². The van der Waals surface area contributed by atoms with Gasteiger partial charge in [0.25, 0.3) is 15.9 Å². The molecule has 3 aromatic carbocycles. The number of thiophene rings is 1. The van der Waals surface area contributed by atoms with Crippen molar-refractivity contribution in [3.63, 3.8) is 0 Å². The SMILES string of the molecule is CCCCc1nn(-c2ccccc2C(F)(F)F)c(=O)n1Cc1ccc(-c2ccccc2)c(S(=O)(=O)NC(=O)c2sccc2Cl)c1.[H-].[K+]. The number of unbranched alkanes of at least 4 members (excludes halogenated alkanes) is 1. The number of nitrogens with one attached hydrogen (secondary N) is 1. The molecule has 0 saturated heterocycles. The van der Waals surface area contributed by atoms with Gasteiger partial charge >= 0.3 is 63.3 Å². The molecule has 0 unspecified atom stereocenters. The third kappa shape index (κ3) is 7.93. The van der Waals surface area contributed by atoms with Crippen LogP contribution in [0.2, 0.25) is 5.02 Å². The summed E-state index contributed by atoms with van der Waals surface area (Å²) in [5.41, 5.74) is -1.03. The summed E-state index contributed by atoms with van der Waals surface area (Å²) in [6, 6.07) is 19.3. The minimum Gasteiger partial charge on any atom is -1.00 e. The summed E-state index contributed by atoms with van der Waals surface area (Å²) in [6.07, 6.45) is -3.07. The summed E-state index contributed by atoms with van der Waals surface area (Å²) in [7, 11) is -4.47. The van der Waals surface area contributed by atoms with Gasteiger partial charge in [0, 0.05) is 12.0 Å². The molecule has 8 nitrogen and oxygen atoms in total. The second kappa shape index (κ2) is 15.1. The monoisotopic (exact) mass is 714 g/mol. The number of alkyl halides is 3. The van der Waals surface area contributed by atoms with Gasteiger partial charge in [-0.2, -0.15) is 17.9 Å². The second-order valence-electron chi connectivity index (χ2n) is 10.0. The van der Waals surface area contributed by atoms with Gasteiger partial charge in [-0.3, -0.25) is 9.36 Å². The van der Waals surface area contributed by atoms with Crippen LogP contribution in [0.3, 0.4) is 0 Å². The topological polar surface area (TPSA) is 103 Å². The van der Waals surface area contributed by atoms with Gasteiger partial charge in [-0.15, -0.1) is 16.4 Å². The Balaban J connectivity index is 0.00000300. The Hall–Kier alpha value is -2.56. The van der Waals surface area contributed by atoms with Crippen LogP contribution in [0.4, 0.5) is 13.2 Å². The van der Waals surface area contributed by atoms with Gasteiger partial charge in [0.15, 0.2) is 0 Å². The fraction of sp³-hybridized carbons (Fsp3) is 0.194. The zero-order valence-electron chi connectivity index (χ0n) is 25.7. The number of amides is 1. The van der Waals surface area contributed by atoms with Crippen LogP contribution in [0, 0.1) is 0 Å². The van der Waals surface area contributed by atoms with Crippen molar-refractivity contribution in [1.29, 1.82) is 0 Å². The van der Waals surface area contributed by atoms with E-state index in [4.69, 9.17) is 11.6 Å². The maximum Gasteiger partial charge on any atom is 1.00 e. The van der Waals surface area contributed by atoms with Gasteiger partial charge in [-0.1, -0.05) is 79.5 Å². The van der Waals surface area contributed by atoms with Crippen LogP contribution in [0.1, 0.15) is 47.8 Å². The molecule has 0 aliphatic heterocycles. The number of carbonyl (C=O) groups is 1. The molecule has 46 heavy (non-hydrogen) atoms. The molecule has 0 bridgehead atoms. The number of hydrogen-bond acceptors (Lipinski definition) is 6. The molecular weight excluding hydrogens is 688 g/mol. The Morgan fingerprint density at radius 2 is 1.74 bits per heavy atom. The van der Waals surface area contributed by atoms with E-state index < -0.39 is 39.0 Å². The van der Waals surface area contributed by atoms with Crippen LogP contribution >= 0.6 is 22.9 Å². The number of sulfonamides is 1. The van der Waals surface area contributed by atoms with Crippen LogP contribution in [0.15, 0.2) is 93.9 Å². The molecule has 1 amide bonds. The van der Waals surface area contributed by atoms with E-state index in [1.165, 1.54) is 34.9 Å². The summed E-state index contributed by atoms with van der Waals surface area (Å²) >= 11 is 7.04. The fourth-order valence-corrected chi connectivity index (χ4v) is 7.11. The average Bonchev–Trinajstić information content (AvgIpc) is 3.58. The number of halogens is 4. The first-order chi connectivity index (χ1) is 21.4. The number of aromatic nitrogens is 3. The summed E-state index contributed by atoms with van der Waals surface area (Å²) in [5.74, 6) is -0.655. The summed E-state index contributed by atoms with van der Waals surface area (Å²) in [5, 5.41) is 5.94. The van der Waals surface area contributed by atoms with Crippen LogP contribution in [0.5, 0.6) is 0 Å². The van der Waals surface area contributed by atoms with Crippen molar-refractivity contribution in [1.82, 2.24) is 19.1 Å². The number of benzene rings is 3. The van der Waals surface area contributed by atoms with Crippen LogP contribution in [-0.2, 0) is 29.2 Å². The molecule has 0 aliphatic carbocycles. The molecule has 5 rings (SSSR count). The van der Waals surface area contributed by atoms with Crippen molar-refractivity contribution in [3.8, 4) is 16.8 Å². The Morgan fingerprint density at radius 1 is 1.04 bits per heavy atom. The van der Waals surface area contributed by atoms with E-state index in [0.717, 1.165) is 28.5 Å². The molecule has 236 valence electrons. The maximum atomic E-state index is 13.8. The van der Waals surface area contributed by atoms with Crippen molar-refractivity contribution in [3.05, 3.63) is 122 Å². The fourth-order valence-electron chi connectivity index (χ4n) is 4.78. The summed E-state index contributed by atoms with van der Waals surface area (Å²) in [4.78, 5) is 26.3. The first-order valence-electron chi connectivity index (χ1n) is 13.7. The standard InChI is InChI=1S/C31H26ClF3N4O4S2.K.H/c1-2-3-13-27-36-39(25-12-8-7-11-23(25)31(33,34)35)30(41)38(27)19-20-14-15-22(21-9-5-4-6-10-21)26(18-20)45(42,43)37-29(40)28-24(32)16-17-44-28;;/h4-12,14-18H,2-3,13,19H2,1H3,(H,37,40);;/q;+1;-1. The van der Waals surface area contributed by atoms with Crippen LogP contribution < -0.4 is 61.8 Å². The Morgan fingerprint density at radius 3 is 2.39 bits per heavy atom. The number of para-hydroxylation sites is 1. The van der Waals surface area contributed by atoms with E-state index in [-0.39, 0.29) is 80.0 Å². The smallest absolute Gasteiger partial charge is 1.00 e. The Labute approximate surface area is 316 Å². The second-order valence-corrected chi connectivity index (χ2v) is 13.0. The molecular formula is C31H27ClF3KN4O4S2. The number of rotatable bonds is 10. The van der Waals surface area contributed by atoms with Gasteiger partial charge in [-0.05, 0) is 47.2 Å². The maximum absolute atomic E-state index is 13.8. The molecule has 15 heteroatoms. The van der Waals surface area contributed by atoms with E-state index in [9.17, 15) is 31.2 Å². The zero-order chi connectivity index (χ0) is 32.4. The first kappa shape index (κ1) is 36.3. The predicted octanol–water partition coefficient (Wildman–Crippen LogP) is 4.06. The predicted molar refractivity (Wildman–Crippen MR) is 168 cm³/mol. The average molecular weight is 715 g/mol. The van der Waals surface area contributed by atoms with Gasteiger partial charge in [0.2, 0.25) is 0 Å². The third-order valence-electron chi connectivity index (χ3n) is 6.94. The van der Waals surface area contributed by atoms with E-state index in [0.29, 0.717) is 29.5 Å². The zero-order valence-corrected chi connectivity index (χ0v) is 30.2. The van der Waals surface area contributed by atoms with Crippen molar-refractivity contribution >= 4 is 38.9 Å². The van der Waals surface area contributed by atoms with E-state index >= 15 is 0 Å². The summed E-state index contributed by atoms with van der Waals surface area (Å²) in [6.45, 7) is 1.74. The molecule has 0 spiro atoms. The molecule has 1 N–H and O–H groups in total. The number of nitrogens with zero attached hydrogens (tertiary/aromatic N) is 3. The van der Waals surface area contributed by atoms with Crippen molar-refractivity contribution in [2.45, 2.75) is 43.8 Å². The molecule has 0 radical (unpaired) electrons. The van der Waals surface area contributed by atoms with Gasteiger partial charge in [-0.25, -0.2) is 17.9 Å². The summed E-state index contributed by atoms with van der Waals surface area (Å²) < 4.78 is 72.9. The molecule has 0 aliphatic rings. The van der Waals surface area contributed by atoms with E-state index in [1.54, 1.807) is 47.8 Å². The van der Waals surface area contributed by atoms with E-state index in [2.05, 4.69) is 9.82 Å². The number of hydrogen-bond donors (Lipinski definition) is 1. The molecule has 0 fully saturated rings. The van der Waals surface area contributed by atoms with Crippen molar-refractivity contribution in [2.24, 2.45) is 0 Å². The van der Waals surface area contributed by atoms with Crippen LogP contribution in [0.25, 0.3) is 16.8 Å². The van der Waals surface area contributed by atoms with E-state index in [1.807, 2.05) is 6.92 Å². The largest absolute Gasteiger partial charge is 1.00 e. The minimum absolute atomic E-state index is 0.